The van der Waals surface area contributed by atoms with Crippen molar-refractivity contribution in [2.24, 2.45) is 0 Å². The minimum absolute atomic E-state index is 0.190. The van der Waals surface area contributed by atoms with E-state index in [-0.39, 0.29) is 18.0 Å². The number of aliphatic hydroxyl groups is 1. The van der Waals surface area contributed by atoms with Gasteiger partial charge in [-0.2, -0.15) is 0 Å². The summed E-state index contributed by atoms with van der Waals surface area (Å²) < 4.78 is 4.96. The van der Waals surface area contributed by atoms with Gasteiger partial charge in [0.15, 0.2) is 0 Å². The molecule has 0 aromatic heterocycles. The maximum Gasteiger partial charge on any atom is 0.313 e. The smallest absolute Gasteiger partial charge is 0.313 e. The Kier molecular flexibility index (Phi) is 27.5. The summed E-state index contributed by atoms with van der Waals surface area (Å²) in [6.07, 6.45) is 31.3. The molecule has 36 heavy (non-hydrogen) atoms. The molecule has 0 aromatic rings. The average molecular weight is 509 g/mol. The number of allylic oxidation sites excluding steroid dienone is 1. The molecule has 0 saturated heterocycles. The summed E-state index contributed by atoms with van der Waals surface area (Å²) in [5, 5.41) is 9.95. The molecule has 0 aliphatic rings. The summed E-state index contributed by atoms with van der Waals surface area (Å²) in [6.45, 7) is 4.46. The van der Waals surface area contributed by atoms with Crippen LogP contribution >= 0.6 is 0 Å². The van der Waals surface area contributed by atoms with Gasteiger partial charge in [0.1, 0.15) is 0 Å². The molecule has 4 heteroatoms. The second-order valence-corrected chi connectivity index (χ2v) is 10.6. The summed E-state index contributed by atoms with van der Waals surface area (Å²) in [5.41, 5.74) is 0. The van der Waals surface area contributed by atoms with E-state index in [9.17, 15) is 14.7 Å². The third-order valence-electron chi connectivity index (χ3n) is 6.93. The Morgan fingerprint density at radius 1 is 0.583 bits per heavy atom. The molecular weight excluding hydrogens is 448 g/mol. The van der Waals surface area contributed by atoms with E-state index in [1.807, 2.05) is 0 Å². The quantitative estimate of drug-likeness (QED) is 0.0519. The molecule has 0 aliphatic carbocycles. The van der Waals surface area contributed by atoms with Crippen molar-refractivity contribution in [1.29, 1.82) is 0 Å². The topological polar surface area (TPSA) is 63.6 Å². The lowest BCUT2D eigenvalue weighted by molar-refractivity contribution is -0.159. The van der Waals surface area contributed by atoms with Crippen molar-refractivity contribution >= 4 is 11.9 Å². The zero-order valence-corrected chi connectivity index (χ0v) is 24.1. The standard InChI is InChI=1S/C32H60O4/c1-3-5-7-9-10-11-12-13-17-20-24-28-31(34)36-32(35)29-25-21-18-15-14-16-19-23-27-30(33)26-22-8-6-4-2/h19,23,30,33H,3-18,20-22,24-29H2,1-2H3/t30-/m1/s1. The zero-order chi connectivity index (χ0) is 26.5. The highest BCUT2D eigenvalue weighted by Crippen LogP contribution is 2.13. The lowest BCUT2D eigenvalue weighted by Crippen LogP contribution is -2.11. The maximum atomic E-state index is 11.8. The first kappa shape index (κ1) is 34.8. The highest BCUT2D eigenvalue weighted by atomic mass is 16.6. The fourth-order valence-electron chi connectivity index (χ4n) is 4.52. The number of carbonyl (C=O) groups excluding carboxylic acids is 2. The van der Waals surface area contributed by atoms with Crippen molar-refractivity contribution in [2.75, 3.05) is 0 Å². The van der Waals surface area contributed by atoms with Crippen LogP contribution in [0.4, 0.5) is 0 Å². The van der Waals surface area contributed by atoms with Gasteiger partial charge >= 0.3 is 11.9 Å². The van der Waals surface area contributed by atoms with E-state index in [1.54, 1.807) is 0 Å². The fraction of sp³-hybridized carbons (Fsp3) is 0.875. The Labute approximate surface area is 224 Å². The van der Waals surface area contributed by atoms with E-state index in [2.05, 4.69) is 26.0 Å². The van der Waals surface area contributed by atoms with Gasteiger partial charge in [0.05, 0.1) is 6.10 Å². The number of hydrogen-bond acceptors (Lipinski definition) is 4. The van der Waals surface area contributed by atoms with Gasteiger partial charge in [-0.15, -0.1) is 0 Å². The largest absolute Gasteiger partial charge is 0.393 e. The van der Waals surface area contributed by atoms with Gasteiger partial charge in [-0.25, -0.2) is 0 Å². The number of unbranched alkanes of at least 4 members (excludes halogenated alkanes) is 18. The van der Waals surface area contributed by atoms with Gasteiger partial charge in [-0.3, -0.25) is 9.59 Å². The molecule has 0 bridgehead atoms. The van der Waals surface area contributed by atoms with Gasteiger partial charge in [0.2, 0.25) is 0 Å². The predicted molar refractivity (Wildman–Crippen MR) is 153 cm³/mol. The summed E-state index contributed by atoms with van der Waals surface area (Å²) in [4.78, 5) is 23.7. The fourth-order valence-corrected chi connectivity index (χ4v) is 4.52. The molecule has 0 unspecified atom stereocenters. The molecule has 0 radical (unpaired) electrons. The summed E-state index contributed by atoms with van der Waals surface area (Å²) in [6, 6.07) is 0. The molecule has 0 aromatic carbocycles. The van der Waals surface area contributed by atoms with Crippen molar-refractivity contribution in [1.82, 2.24) is 0 Å². The second kappa shape index (κ2) is 28.4. The second-order valence-electron chi connectivity index (χ2n) is 10.6. The van der Waals surface area contributed by atoms with E-state index in [0.29, 0.717) is 12.8 Å². The van der Waals surface area contributed by atoms with Crippen LogP contribution in [-0.4, -0.2) is 23.1 Å². The van der Waals surface area contributed by atoms with E-state index in [4.69, 9.17) is 4.74 Å². The Balaban J connectivity index is 3.41. The summed E-state index contributed by atoms with van der Waals surface area (Å²) in [7, 11) is 0. The van der Waals surface area contributed by atoms with Crippen molar-refractivity contribution < 1.29 is 19.4 Å². The third-order valence-corrected chi connectivity index (χ3v) is 6.93. The minimum Gasteiger partial charge on any atom is -0.393 e. The summed E-state index contributed by atoms with van der Waals surface area (Å²) >= 11 is 0. The summed E-state index contributed by atoms with van der Waals surface area (Å²) in [5.74, 6) is -0.715. The van der Waals surface area contributed by atoms with Crippen LogP contribution in [0.15, 0.2) is 12.2 Å². The van der Waals surface area contributed by atoms with Crippen molar-refractivity contribution in [3.63, 3.8) is 0 Å². The normalized spacial score (nSPS) is 12.3. The van der Waals surface area contributed by atoms with Crippen molar-refractivity contribution in [3.05, 3.63) is 12.2 Å². The minimum atomic E-state index is -0.362. The lowest BCUT2D eigenvalue weighted by Gasteiger charge is -2.07. The highest BCUT2D eigenvalue weighted by molar-refractivity contribution is 5.85. The molecule has 0 fully saturated rings. The third kappa shape index (κ3) is 27.4. The number of rotatable bonds is 27. The van der Waals surface area contributed by atoms with Crippen molar-refractivity contribution in [2.45, 2.75) is 180 Å². The molecule has 0 aliphatic heterocycles. The van der Waals surface area contributed by atoms with Gasteiger partial charge in [0.25, 0.3) is 0 Å². The van der Waals surface area contributed by atoms with Gasteiger partial charge in [0, 0.05) is 12.8 Å². The molecule has 0 heterocycles. The van der Waals surface area contributed by atoms with Crippen LogP contribution in [0.1, 0.15) is 174 Å². The first-order valence-corrected chi connectivity index (χ1v) is 15.7. The van der Waals surface area contributed by atoms with Crippen LogP contribution in [0.25, 0.3) is 0 Å². The van der Waals surface area contributed by atoms with Crippen LogP contribution in [0.2, 0.25) is 0 Å². The molecule has 1 atom stereocenters. The number of esters is 2. The molecule has 212 valence electrons. The number of carbonyl (C=O) groups is 2. The number of aliphatic hydroxyl groups excluding tert-OH is 1. The van der Waals surface area contributed by atoms with Crippen molar-refractivity contribution in [3.8, 4) is 0 Å². The Morgan fingerprint density at radius 3 is 1.50 bits per heavy atom. The van der Waals surface area contributed by atoms with Crippen LogP contribution < -0.4 is 0 Å². The molecule has 1 N–H and O–H groups in total. The maximum absolute atomic E-state index is 11.8. The monoisotopic (exact) mass is 508 g/mol. The van der Waals surface area contributed by atoms with Gasteiger partial charge in [-0.1, -0.05) is 135 Å². The zero-order valence-electron chi connectivity index (χ0n) is 24.1. The van der Waals surface area contributed by atoms with E-state index in [1.165, 1.54) is 77.0 Å². The van der Waals surface area contributed by atoms with Gasteiger partial charge in [-0.05, 0) is 38.5 Å². The molecular formula is C32H60O4. The van der Waals surface area contributed by atoms with Gasteiger partial charge < -0.3 is 9.84 Å². The molecule has 0 amide bonds. The van der Waals surface area contributed by atoms with Crippen LogP contribution in [0.3, 0.4) is 0 Å². The SMILES string of the molecule is CCCCCCCCCCCCCC(=O)OC(=O)CCCCCCCC=CC[C@H](O)CCCCCC. The molecule has 0 saturated carbocycles. The van der Waals surface area contributed by atoms with Crippen LogP contribution in [0.5, 0.6) is 0 Å². The molecule has 0 spiro atoms. The Hall–Kier alpha value is -1.16. The Morgan fingerprint density at radius 2 is 1.00 bits per heavy atom. The highest BCUT2D eigenvalue weighted by Gasteiger charge is 2.09. The van der Waals surface area contributed by atoms with E-state index >= 15 is 0 Å². The molecule has 0 rings (SSSR count). The predicted octanol–water partition coefficient (Wildman–Crippen LogP) is 9.77. The van der Waals surface area contributed by atoms with Crippen LogP contribution in [-0.2, 0) is 14.3 Å². The first-order valence-electron chi connectivity index (χ1n) is 15.7. The number of ether oxygens (including phenoxy) is 1. The first-order chi connectivity index (χ1) is 17.6. The number of hydrogen-bond donors (Lipinski definition) is 1. The Bertz CT molecular complexity index is 514. The van der Waals surface area contributed by atoms with E-state index < -0.39 is 0 Å². The molecule has 4 nitrogen and oxygen atoms in total. The lowest BCUT2D eigenvalue weighted by atomic mass is 10.1. The van der Waals surface area contributed by atoms with Crippen LogP contribution in [0, 0.1) is 0 Å². The average Bonchev–Trinajstić information content (AvgIpc) is 2.86. The van der Waals surface area contributed by atoms with E-state index in [0.717, 1.165) is 70.6 Å².